The van der Waals surface area contributed by atoms with E-state index in [1.165, 1.54) is 0 Å². The van der Waals surface area contributed by atoms with Gasteiger partial charge in [-0.1, -0.05) is 19.1 Å². The van der Waals surface area contributed by atoms with Gasteiger partial charge in [0.15, 0.2) is 0 Å². The van der Waals surface area contributed by atoms with Crippen molar-refractivity contribution in [1.29, 1.82) is 0 Å². The molecule has 1 N–H and O–H groups in total. The van der Waals surface area contributed by atoms with Crippen LogP contribution < -0.4 is 4.90 Å². The molecule has 1 amide bonds. The molecule has 1 aromatic carbocycles. The first-order valence-corrected chi connectivity index (χ1v) is 6.73. The van der Waals surface area contributed by atoms with E-state index in [0.717, 1.165) is 10.6 Å². The van der Waals surface area contributed by atoms with Crippen LogP contribution in [0, 0.1) is 0 Å². The van der Waals surface area contributed by atoms with E-state index in [4.69, 9.17) is 5.11 Å². The molecule has 1 unspecified atom stereocenters. The lowest BCUT2D eigenvalue weighted by Gasteiger charge is -2.32. The molecule has 4 nitrogen and oxygen atoms in total. The van der Waals surface area contributed by atoms with Gasteiger partial charge in [0.1, 0.15) is 0 Å². The highest BCUT2D eigenvalue weighted by Gasteiger charge is 2.26. The predicted molar refractivity (Wildman–Crippen MR) is 71.0 cm³/mol. The Balaban J connectivity index is 2.18. The summed E-state index contributed by atoms with van der Waals surface area (Å²) in [5.74, 6) is -1.05. The Morgan fingerprint density at radius 3 is 2.83 bits per heavy atom. The minimum Gasteiger partial charge on any atom is -0.481 e. The van der Waals surface area contributed by atoms with E-state index < -0.39 is 5.97 Å². The van der Waals surface area contributed by atoms with Gasteiger partial charge < -0.3 is 10.0 Å². The first-order chi connectivity index (χ1) is 8.58. The summed E-state index contributed by atoms with van der Waals surface area (Å²) in [5.41, 5.74) is 0.899. The summed E-state index contributed by atoms with van der Waals surface area (Å²) in [6.45, 7) is 2.71. The normalized spacial score (nSPS) is 18.3. The van der Waals surface area contributed by atoms with E-state index in [2.05, 4.69) is 6.92 Å². The number of carbonyl (C=O) groups is 2. The molecule has 5 heteroatoms. The van der Waals surface area contributed by atoms with Crippen LogP contribution in [0.1, 0.15) is 19.8 Å². The van der Waals surface area contributed by atoms with E-state index in [-0.39, 0.29) is 18.7 Å². The summed E-state index contributed by atoms with van der Waals surface area (Å²) >= 11 is 1.75. The maximum atomic E-state index is 12.1. The molecule has 0 saturated heterocycles. The van der Waals surface area contributed by atoms with E-state index in [9.17, 15) is 9.59 Å². The number of nitrogens with zero attached hydrogens (tertiary/aromatic N) is 1. The van der Waals surface area contributed by atoms with Crippen LogP contribution in [-0.2, 0) is 9.59 Å². The number of carbonyl (C=O) groups excluding carboxylic acids is 1. The second-order valence-electron chi connectivity index (χ2n) is 4.29. The van der Waals surface area contributed by atoms with Gasteiger partial charge in [-0.25, -0.2) is 0 Å². The minimum absolute atomic E-state index is 0.0566. The maximum absolute atomic E-state index is 12.1. The van der Waals surface area contributed by atoms with Gasteiger partial charge in [-0.05, 0) is 12.1 Å². The highest BCUT2D eigenvalue weighted by atomic mass is 32.2. The van der Waals surface area contributed by atoms with Crippen LogP contribution in [0.15, 0.2) is 29.2 Å². The summed E-state index contributed by atoms with van der Waals surface area (Å²) in [5, 5.41) is 8.96. The van der Waals surface area contributed by atoms with Crippen LogP contribution in [0.3, 0.4) is 0 Å². The quantitative estimate of drug-likeness (QED) is 0.911. The highest BCUT2D eigenvalue weighted by Crippen LogP contribution is 2.38. The Kier molecular flexibility index (Phi) is 3.91. The largest absolute Gasteiger partial charge is 0.481 e. The number of anilines is 1. The van der Waals surface area contributed by atoms with Crippen molar-refractivity contribution in [3.05, 3.63) is 24.3 Å². The number of rotatable bonds is 3. The van der Waals surface area contributed by atoms with Gasteiger partial charge in [0.2, 0.25) is 5.91 Å². The third-order valence-corrected chi connectivity index (χ3v) is 3.93. The summed E-state index contributed by atoms with van der Waals surface area (Å²) < 4.78 is 0. The van der Waals surface area contributed by atoms with E-state index in [1.54, 1.807) is 16.7 Å². The fraction of sp³-hybridized carbons (Fsp3) is 0.385. The van der Waals surface area contributed by atoms with Gasteiger partial charge in [0.25, 0.3) is 0 Å². The summed E-state index contributed by atoms with van der Waals surface area (Å²) in [7, 11) is 0. The first-order valence-electron chi connectivity index (χ1n) is 5.86. The third-order valence-electron chi connectivity index (χ3n) is 2.78. The lowest BCUT2D eigenvalue weighted by atomic mass is 10.2. The average Bonchev–Trinajstić information content (AvgIpc) is 2.34. The zero-order valence-electron chi connectivity index (χ0n) is 10.1. The van der Waals surface area contributed by atoms with Gasteiger partial charge in [0, 0.05) is 23.1 Å². The molecular weight excluding hydrogens is 250 g/mol. The molecule has 0 aliphatic carbocycles. The number of hydrogen-bond donors (Lipinski definition) is 1. The fourth-order valence-corrected chi connectivity index (χ4v) is 3.09. The van der Waals surface area contributed by atoms with Crippen LogP contribution in [0.2, 0.25) is 0 Å². The number of amides is 1. The Morgan fingerprint density at radius 2 is 2.11 bits per heavy atom. The number of hydrogen-bond acceptors (Lipinski definition) is 3. The van der Waals surface area contributed by atoms with Crippen molar-refractivity contribution in [2.75, 3.05) is 11.4 Å². The van der Waals surface area contributed by atoms with E-state index >= 15 is 0 Å². The molecule has 0 bridgehead atoms. The summed E-state index contributed by atoms with van der Waals surface area (Å²) in [6.07, 6.45) is -0.0555. The van der Waals surface area contributed by atoms with Gasteiger partial charge in [0.05, 0.1) is 12.1 Å². The standard InChI is InChI=1S/C13H15NO3S/c1-9-8-14(12(15)6-7-13(16)17)10-4-2-3-5-11(10)18-9/h2-5,9H,6-8H2,1H3,(H,16,17). The van der Waals surface area contributed by atoms with Crippen molar-refractivity contribution >= 4 is 29.3 Å². The van der Waals surface area contributed by atoms with Crippen LogP contribution >= 0.6 is 11.8 Å². The highest BCUT2D eigenvalue weighted by molar-refractivity contribution is 8.00. The Hall–Kier alpha value is -1.49. The zero-order chi connectivity index (χ0) is 13.1. The smallest absolute Gasteiger partial charge is 0.303 e. The van der Waals surface area contributed by atoms with Crippen LogP contribution in [0.25, 0.3) is 0 Å². The first kappa shape index (κ1) is 13.0. The molecule has 1 aliphatic heterocycles. The molecular formula is C13H15NO3S. The molecule has 1 heterocycles. The van der Waals surface area contributed by atoms with Gasteiger partial charge in [-0.3, -0.25) is 9.59 Å². The SMILES string of the molecule is CC1CN(C(=O)CCC(=O)O)c2ccccc2S1. The van der Waals surface area contributed by atoms with Crippen molar-refractivity contribution in [2.24, 2.45) is 0 Å². The van der Waals surface area contributed by atoms with Gasteiger partial charge in [-0.15, -0.1) is 11.8 Å². The second kappa shape index (κ2) is 5.44. The van der Waals surface area contributed by atoms with E-state index in [0.29, 0.717) is 11.8 Å². The molecule has 0 aromatic heterocycles. The topological polar surface area (TPSA) is 57.6 Å². The van der Waals surface area contributed by atoms with Crippen molar-refractivity contribution in [2.45, 2.75) is 29.9 Å². The predicted octanol–water partition coefficient (Wildman–Crippen LogP) is 2.38. The number of para-hydroxylation sites is 1. The van der Waals surface area contributed by atoms with Crippen LogP contribution in [-0.4, -0.2) is 28.8 Å². The number of carboxylic acid groups (broad SMARTS) is 1. The third kappa shape index (κ3) is 2.85. The number of aliphatic carboxylic acids is 1. The molecule has 0 saturated carbocycles. The van der Waals surface area contributed by atoms with Crippen molar-refractivity contribution in [3.8, 4) is 0 Å². The van der Waals surface area contributed by atoms with Crippen molar-refractivity contribution < 1.29 is 14.7 Å². The van der Waals surface area contributed by atoms with Gasteiger partial charge in [-0.2, -0.15) is 0 Å². The second-order valence-corrected chi connectivity index (χ2v) is 5.77. The van der Waals surface area contributed by atoms with Crippen LogP contribution in [0.5, 0.6) is 0 Å². The molecule has 0 fully saturated rings. The van der Waals surface area contributed by atoms with Crippen molar-refractivity contribution in [3.63, 3.8) is 0 Å². The number of carboxylic acids is 1. The number of fused-ring (bicyclic) bond motifs is 1. The molecule has 0 spiro atoms. The minimum atomic E-state index is -0.934. The maximum Gasteiger partial charge on any atom is 0.303 e. The van der Waals surface area contributed by atoms with Gasteiger partial charge >= 0.3 is 5.97 Å². The number of thioether (sulfide) groups is 1. The van der Waals surface area contributed by atoms with Crippen LogP contribution in [0.4, 0.5) is 5.69 Å². The van der Waals surface area contributed by atoms with E-state index in [1.807, 2.05) is 24.3 Å². The molecule has 1 aromatic rings. The molecule has 18 heavy (non-hydrogen) atoms. The molecule has 0 radical (unpaired) electrons. The number of benzene rings is 1. The Morgan fingerprint density at radius 1 is 1.39 bits per heavy atom. The molecule has 1 aliphatic rings. The summed E-state index contributed by atoms with van der Waals surface area (Å²) in [6, 6.07) is 7.75. The fourth-order valence-electron chi connectivity index (χ4n) is 1.97. The Labute approximate surface area is 110 Å². The van der Waals surface area contributed by atoms with Crippen molar-refractivity contribution in [1.82, 2.24) is 0 Å². The monoisotopic (exact) mass is 265 g/mol. The lowest BCUT2D eigenvalue weighted by Crippen LogP contribution is -2.38. The Bertz CT molecular complexity index is 475. The molecule has 2 rings (SSSR count). The lowest BCUT2D eigenvalue weighted by molar-refractivity contribution is -0.138. The zero-order valence-corrected chi connectivity index (χ0v) is 10.9. The molecule has 1 atom stereocenters. The molecule has 96 valence electrons. The summed E-state index contributed by atoms with van der Waals surface area (Å²) in [4.78, 5) is 25.4. The average molecular weight is 265 g/mol.